The molecule has 0 radical (unpaired) electrons. The lowest BCUT2D eigenvalue weighted by molar-refractivity contribution is 0.397. The number of nitrogens with zero attached hydrogens (tertiary/aromatic N) is 2. The molecular formula is C13H18N2O. The molecule has 2 heterocycles. The minimum Gasteiger partial charge on any atom is -0.481 e. The summed E-state index contributed by atoms with van der Waals surface area (Å²) in [6, 6.07) is 3.98. The second kappa shape index (κ2) is 3.51. The summed E-state index contributed by atoms with van der Waals surface area (Å²) in [7, 11) is 3.74. The zero-order valence-corrected chi connectivity index (χ0v) is 10.5. The van der Waals surface area contributed by atoms with Crippen molar-refractivity contribution in [3.05, 3.63) is 23.9 Å². The van der Waals surface area contributed by atoms with Crippen LogP contribution >= 0.6 is 0 Å². The Labute approximate surface area is 96.7 Å². The molecule has 1 aromatic heterocycles. The molecule has 0 spiro atoms. The van der Waals surface area contributed by atoms with E-state index in [1.165, 1.54) is 5.57 Å². The molecule has 0 N–H and O–H groups in total. The standard InChI is InChI=1S/C13H18N2O/c1-9-8-13(2,3)15(4)10-6-7-11(16-5)14-12(9)10/h6-8H,1-5H3. The molecule has 0 bridgehead atoms. The predicted octanol–water partition coefficient (Wildman–Crippen LogP) is 2.72. The van der Waals surface area contributed by atoms with Crippen LogP contribution in [0.1, 0.15) is 26.5 Å². The van der Waals surface area contributed by atoms with Crippen LogP contribution in [0.2, 0.25) is 0 Å². The number of rotatable bonds is 1. The molecule has 0 atom stereocenters. The monoisotopic (exact) mass is 218 g/mol. The Bertz CT molecular complexity index is 449. The third kappa shape index (κ3) is 1.56. The molecule has 0 unspecified atom stereocenters. The second-order valence-electron chi connectivity index (χ2n) is 4.76. The van der Waals surface area contributed by atoms with Gasteiger partial charge < -0.3 is 9.64 Å². The van der Waals surface area contributed by atoms with Crippen LogP contribution in [0.3, 0.4) is 0 Å². The van der Waals surface area contributed by atoms with Crippen molar-refractivity contribution in [3.8, 4) is 5.88 Å². The van der Waals surface area contributed by atoms with Gasteiger partial charge >= 0.3 is 0 Å². The number of hydrogen-bond acceptors (Lipinski definition) is 3. The number of methoxy groups -OCH3 is 1. The van der Waals surface area contributed by atoms with Crippen LogP contribution in [0.25, 0.3) is 5.57 Å². The first kappa shape index (κ1) is 11.0. The Kier molecular flexibility index (Phi) is 2.41. The minimum absolute atomic E-state index is 0.0351. The van der Waals surface area contributed by atoms with Gasteiger partial charge in [0.25, 0.3) is 0 Å². The number of pyridine rings is 1. The van der Waals surface area contributed by atoms with Crippen molar-refractivity contribution in [2.75, 3.05) is 19.1 Å². The Morgan fingerprint density at radius 3 is 2.62 bits per heavy atom. The van der Waals surface area contributed by atoms with Gasteiger partial charge in [-0.3, -0.25) is 0 Å². The summed E-state index contributed by atoms with van der Waals surface area (Å²) in [6.45, 7) is 6.49. The van der Waals surface area contributed by atoms with E-state index in [0.717, 1.165) is 11.4 Å². The normalized spacial score (nSPS) is 17.8. The highest BCUT2D eigenvalue weighted by molar-refractivity contribution is 5.78. The maximum atomic E-state index is 5.16. The average molecular weight is 218 g/mol. The zero-order valence-electron chi connectivity index (χ0n) is 10.5. The fraction of sp³-hybridized carbons (Fsp3) is 0.462. The summed E-state index contributed by atoms with van der Waals surface area (Å²) in [6.07, 6.45) is 2.24. The topological polar surface area (TPSA) is 25.4 Å². The molecule has 3 nitrogen and oxygen atoms in total. The number of anilines is 1. The molecule has 16 heavy (non-hydrogen) atoms. The van der Waals surface area contributed by atoms with Crippen molar-refractivity contribution in [2.24, 2.45) is 0 Å². The molecule has 0 aliphatic carbocycles. The molecule has 2 rings (SSSR count). The summed E-state index contributed by atoms with van der Waals surface area (Å²) in [5.74, 6) is 0.666. The SMILES string of the molecule is COc1ccc2c(n1)C(C)=CC(C)(C)N2C. The largest absolute Gasteiger partial charge is 0.481 e. The van der Waals surface area contributed by atoms with E-state index in [1.54, 1.807) is 7.11 Å². The van der Waals surface area contributed by atoms with Gasteiger partial charge in [-0.2, -0.15) is 0 Å². The molecule has 3 heteroatoms. The van der Waals surface area contributed by atoms with E-state index in [2.05, 4.69) is 49.8 Å². The lowest BCUT2D eigenvalue weighted by atomic mass is 9.92. The van der Waals surface area contributed by atoms with Gasteiger partial charge in [-0.15, -0.1) is 0 Å². The van der Waals surface area contributed by atoms with E-state index in [1.807, 2.05) is 6.07 Å². The summed E-state index contributed by atoms with van der Waals surface area (Å²) < 4.78 is 5.16. The highest BCUT2D eigenvalue weighted by atomic mass is 16.5. The molecule has 1 aromatic rings. The van der Waals surface area contributed by atoms with Gasteiger partial charge in [0, 0.05) is 13.1 Å². The van der Waals surface area contributed by atoms with E-state index >= 15 is 0 Å². The summed E-state index contributed by atoms with van der Waals surface area (Å²) >= 11 is 0. The van der Waals surface area contributed by atoms with Crippen molar-refractivity contribution in [1.29, 1.82) is 0 Å². The van der Waals surface area contributed by atoms with Gasteiger partial charge in [0.2, 0.25) is 5.88 Å². The molecule has 1 aliphatic rings. The van der Waals surface area contributed by atoms with Crippen LogP contribution in [0, 0.1) is 0 Å². The summed E-state index contributed by atoms with van der Waals surface area (Å²) in [5, 5.41) is 0. The average Bonchev–Trinajstić information content (AvgIpc) is 2.25. The molecule has 0 amide bonds. The number of allylic oxidation sites excluding steroid dienone is 1. The van der Waals surface area contributed by atoms with Gasteiger partial charge in [-0.25, -0.2) is 4.98 Å². The van der Waals surface area contributed by atoms with Crippen LogP contribution in [-0.2, 0) is 0 Å². The van der Waals surface area contributed by atoms with Crippen LogP contribution < -0.4 is 9.64 Å². The molecule has 86 valence electrons. The first-order chi connectivity index (χ1) is 7.45. The zero-order chi connectivity index (χ0) is 11.9. The van der Waals surface area contributed by atoms with Crippen molar-refractivity contribution in [2.45, 2.75) is 26.3 Å². The molecule has 1 aliphatic heterocycles. The Morgan fingerprint density at radius 2 is 2.00 bits per heavy atom. The van der Waals surface area contributed by atoms with Crippen LogP contribution in [0.15, 0.2) is 18.2 Å². The third-order valence-corrected chi connectivity index (χ3v) is 3.23. The van der Waals surface area contributed by atoms with Crippen LogP contribution in [0.4, 0.5) is 5.69 Å². The van der Waals surface area contributed by atoms with E-state index in [-0.39, 0.29) is 5.54 Å². The number of fused-ring (bicyclic) bond motifs is 1. The highest BCUT2D eigenvalue weighted by Crippen LogP contribution is 2.37. The van der Waals surface area contributed by atoms with Crippen LogP contribution in [0.5, 0.6) is 5.88 Å². The van der Waals surface area contributed by atoms with Gasteiger partial charge in [0.05, 0.1) is 24.0 Å². The first-order valence-corrected chi connectivity index (χ1v) is 5.44. The maximum Gasteiger partial charge on any atom is 0.213 e. The summed E-state index contributed by atoms with van der Waals surface area (Å²) in [4.78, 5) is 6.73. The lowest BCUT2D eigenvalue weighted by Crippen LogP contribution is -2.42. The third-order valence-electron chi connectivity index (χ3n) is 3.23. The maximum absolute atomic E-state index is 5.16. The number of hydrogen-bond donors (Lipinski definition) is 0. The van der Waals surface area contributed by atoms with Crippen molar-refractivity contribution >= 4 is 11.3 Å². The number of ether oxygens (including phenoxy) is 1. The van der Waals surface area contributed by atoms with E-state index < -0.39 is 0 Å². The van der Waals surface area contributed by atoms with Gasteiger partial charge in [0.1, 0.15) is 0 Å². The Hall–Kier alpha value is -1.51. The summed E-state index contributed by atoms with van der Waals surface area (Å²) in [5.41, 5.74) is 3.41. The van der Waals surface area contributed by atoms with Gasteiger partial charge in [-0.05, 0) is 32.4 Å². The molecule has 0 saturated carbocycles. The number of aromatic nitrogens is 1. The fourth-order valence-electron chi connectivity index (χ4n) is 2.11. The molecule has 0 saturated heterocycles. The predicted molar refractivity (Wildman–Crippen MR) is 66.9 cm³/mol. The smallest absolute Gasteiger partial charge is 0.213 e. The Balaban J connectivity index is 2.59. The lowest BCUT2D eigenvalue weighted by Gasteiger charge is -2.40. The quantitative estimate of drug-likeness (QED) is 0.724. The Morgan fingerprint density at radius 1 is 1.31 bits per heavy atom. The first-order valence-electron chi connectivity index (χ1n) is 5.44. The van der Waals surface area contributed by atoms with Crippen molar-refractivity contribution < 1.29 is 4.74 Å². The molecule has 0 fully saturated rings. The van der Waals surface area contributed by atoms with Crippen LogP contribution in [-0.4, -0.2) is 24.7 Å². The fourth-order valence-corrected chi connectivity index (χ4v) is 2.11. The van der Waals surface area contributed by atoms with Gasteiger partial charge in [0.15, 0.2) is 0 Å². The van der Waals surface area contributed by atoms with E-state index in [9.17, 15) is 0 Å². The highest BCUT2D eigenvalue weighted by Gasteiger charge is 2.29. The van der Waals surface area contributed by atoms with E-state index in [0.29, 0.717) is 5.88 Å². The van der Waals surface area contributed by atoms with Crippen molar-refractivity contribution in [1.82, 2.24) is 4.98 Å². The van der Waals surface area contributed by atoms with E-state index in [4.69, 9.17) is 4.74 Å². The molecular weight excluding hydrogens is 200 g/mol. The minimum atomic E-state index is 0.0351. The van der Waals surface area contributed by atoms with Crippen molar-refractivity contribution in [3.63, 3.8) is 0 Å². The van der Waals surface area contributed by atoms with Gasteiger partial charge in [-0.1, -0.05) is 6.08 Å². The molecule has 0 aromatic carbocycles. The second-order valence-corrected chi connectivity index (χ2v) is 4.76. The number of likely N-dealkylation sites (N-methyl/N-ethyl adjacent to an activating group) is 1.